The molecule has 166 valence electrons. The molecule has 6 heteroatoms. The highest BCUT2D eigenvalue weighted by molar-refractivity contribution is 5.97. The molecule has 1 aromatic carbocycles. The van der Waals surface area contributed by atoms with E-state index >= 15 is 0 Å². The van der Waals surface area contributed by atoms with Crippen molar-refractivity contribution in [3.8, 4) is 5.75 Å². The standard InChI is InChI=1S/C26H27NO5/c28-25(29)17-30-21-11-7-18(8-12-21)15-32-26-13-3-6-24(22(26)14-26)31-16-20-10-9-19-4-1-2-5-23(19)27-20/h2-3,5-13,19,22-23H,1,4,14-17H2,(H,28,29). The van der Waals surface area contributed by atoms with Gasteiger partial charge in [-0.3, -0.25) is 4.99 Å². The number of hydrogen-bond donors (Lipinski definition) is 1. The molecule has 4 aliphatic rings. The Morgan fingerprint density at radius 1 is 1.16 bits per heavy atom. The zero-order chi connectivity index (χ0) is 22.0. The molecule has 5 rings (SSSR count). The fraction of sp³-hybridized carbons (Fsp3) is 0.385. The maximum atomic E-state index is 10.6. The van der Waals surface area contributed by atoms with Crippen LogP contribution < -0.4 is 4.74 Å². The first kappa shape index (κ1) is 20.8. The van der Waals surface area contributed by atoms with E-state index in [1.54, 1.807) is 12.1 Å². The van der Waals surface area contributed by atoms with Gasteiger partial charge in [0.1, 0.15) is 18.1 Å². The number of aliphatic carboxylic acids is 1. The Labute approximate surface area is 187 Å². The van der Waals surface area contributed by atoms with Gasteiger partial charge >= 0.3 is 5.97 Å². The first-order valence-electron chi connectivity index (χ1n) is 11.1. The number of carbonyl (C=O) groups is 1. The van der Waals surface area contributed by atoms with Crippen molar-refractivity contribution in [2.24, 2.45) is 16.8 Å². The molecule has 32 heavy (non-hydrogen) atoms. The lowest BCUT2D eigenvalue weighted by atomic mass is 9.87. The minimum absolute atomic E-state index is 0.237. The second-order valence-electron chi connectivity index (χ2n) is 8.68. The normalized spacial score (nSPS) is 29.4. The fourth-order valence-corrected chi connectivity index (χ4v) is 4.51. The highest BCUT2D eigenvalue weighted by atomic mass is 16.5. The molecule has 0 spiro atoms. The van der Waals surface area contributed by atoms with Crippen LogP contribution in [0.5, 0.6) is 5.75 Å². The molecular weight excluding hydrogens is 406 g/mol. The van der Waals surface area contributed by atoms with E-state index in [0.717, 1.165) is 29.9 Å². The van der Waals surface area contributed by atoms with Gasteiger partial charge in [-0.05, 0) is 49.1 Å². The van der Waals surface area contributed by atoms with Crippen LogP contribution in [0, 0.1) is 11.8 Å². The number of carboxylic acid groups (broad SMARTS) is 1. The Kier molecular flexibility index (Phi) is 5.70. The number of fused-ring (bicyclic) bond motifs is 2. The van der Waals surface area contributed by atoms with Gasteiger partial charge in [0.15, 0.2) is 6.61 Å². The maximum Gasteiger partial charge on any atom is 0.341 e. The quantitative estimate of drug-likeness (QED) is 0.590. The second kappa shape index (κ2) is 8.79. The molecular formula is C26H27NO5. The summed E-state index contributed by atoms with van der Waals surface area (Å²) in [5.74, 6) is 1.27. The number of allylic oxidation sites excluding steroid dienone is 3. The maximum absolute atomic E-state index is 10.6. The van der Waals surface area contributed by atoms with Gasteiger partial charge in [-0.15, -0.1) is 0 Å². The molecule has 4 atom stereocenters. The summed E-state index contributed by atoms with van der Waals surface area (Å²) in [6.07, 6.45) is 18.2. The van der Waals surface area contributed by atoms with Gasteiger partial charge in [0.2, 0.25) is 0 Å². The number of nitrogens with zero attached hydrogens (tertiary/aromatic N) is 1. The summed E-state index contributed by atoms with van der Waals surface area (Å²) < 4.78 is 17.6. The van der Waals surface area contributed by atoms with E-state index in [9.17, 15) is 4.79 Å². The molecule has 6 nitrogen and oxygen atoms in total. The zero-order valence-electron chi connectivity index (χ0n) is 17.9. The first-order valence-corrected chi connectivity index (χ1v) is 11.1. The van der Waals surface area contributed by atoms with Crippen molar-refractivity contribution in [3.63, 3.8) is 0 Å². The Morgan fingerprint density at radius 3 is 2.88 bits per heavy atom. The lowest BCUT2D eigenvalue weighted by Crippen LogP contribution is -2.25. The molecule has 1 heterocycles. The van der Waals surface area contributed by atoms with Crippen LogP contribution in [-0.2, 0) is 20.9 Å². The summed E-state index contributed by atoms with van der Waals surface area (Å²) in [5, 5.41) is 8.69. The number of ether oxygens (including phenoxy) is 3. The van der Waals surface area contributed by atoms with Gasteiger partial charge in [0.25, 0.3) is 0 Å². The van der Waals surface area contributed by atoms with Gasteiger partial charge in [-0.25, -0.2) is 4.79 Å². The summed E-state index contributed by atoms with van der Waals surface area (Å²) in [5.41, 5.74) is 1.70. The third kappa shape index (κ3) is 4.55. The van der Waals surface area contributed by atoms with Gasteiger partial charge in [0, 0.05) is 5.92 Å². The van der Waals surface area contributed by atoms with Crippen molar-refractivity contribution in [1.82, 2.24) is 0 Å². The summed E-state index contributed by atoms with van der Waals surface area (Å²) in [6, 6.07) is 7.58. The zero-order valence-corrected chi connectivity index (χ0v) is 17.9. The molecule has 1 saturated carbocycles. The minimum Gasteiger partial charge on any atom is -0.491 e. The minimum atomic E-state index is -0.993. The fourth-order valence-electron chi connectivity index (χ4n) is 4.51. The van der Waals surface area contributed by atoms with E-state index in [4.69, 9.17) is 24.3 Å². The highest BCUT2D eigenvalue weighted by Crippen LogP contribution is 2.55. The molecule has 4 unspecified atom stereocenters. The van der Waals surface area contributed by atoms with Crippen molar-refractivity contribution in [1.29, 1.82) is 0 Å². The molecule has 0 aromatic heterocycles. The molecule has 1 N–H and O–H groups in total. The van der Waals surface area contributed by atoms with Crippen molar-refractivity contribution in [2.45, 2.75) is 37.5 Å². The Balaban J connectivity index is 1.12. The molecule has 1 aliphatic heterocycles. The number of dihydropyridines is 1. The molecule has 1 fully saturated rings. The van der Waals surface area contributed by atoms with Crippen LogP contribution in [0.15, 0.2) is 77.5 Å². The number of carboxylic acids is 1. The number of aliphatic imine (C=N–C) groups is 1. The highest BCUT2D eigenvalue weighted by Gasteiger charge is 2.57. The van der Waals surface area contributed by atoms with Crippen molar-refractivity contribution in [2.75, 3.05) is 13.2 Å². The monoisotopic (exact) mass is 433 g/mol. The SMILES string of the molecule is O=C(O)COc1ccc(COC23C=CC=C(OCC4=NC5C=CCCC5C=C4)C2C3)cc1. The Hall–Kier alpha value is -3.12. The predicted molar refractivity (Wildman–Crippen MR) is 121 cm³/mol. The van der Waals surface area contributed by atoms with Gasteiger partial charge < -0.3 is 19.3 Å². The molecule has 0 bridgehead atoms. The number of rotatable bonds is 9. The lowest BCUT2D eigenvalue weighted by Gasteiger charge is -2.26. The molecule has 0 radical (unpaired) electrons. The Bertz CT molecular complexity index is 1020. The number of benzene rings is 1. The molecule has 0 saturated heterocycles. The van der Waals surface area contributed by atoms with Crippen molar-refractivity contribution in [3.05, 3.63) is 78.1 Å². The van der Waals surface area contributed by atoms with Crippen LogP contribution in [0.4, 0.5) is 0 Å². The summed E-state index contributed by atoms with van der Waals surface area (Å²) in [7, 11) is 0. The smallest absolute Gasteiger partial charge is 0.341 e. The van der Waals surface area contributed by atoms with E-state index in [0.29, 0.717) is 24.9 Å². The van der Waals surface area contributed by atoms with Gasteiger partial charge in [-0.1, -0.05) is 42.5 Å². The van der Waals surface area contributed by atoms with Crippen LogP contribution in [0.2, 0.25) is 0 Å². The van der Waals surface area contributed by atoms with E-state index in [1.807, 2.05) is 24.3 Å². The third-order valence-corrected chi connectivity index (χ3v) is 6.40. The topological polar surface area (TPSA) is 77.4 Å². The molecule has 1 aromatic rings. The average Bonchev–Trinajstić information content (AvgIpc) is 3.56. The molecule has 3 aliphatic carbocycles. The summed E-state index contributed by atoms with van der Waals surface area (Å²) in [4.78, 5) is 15.4. The summed E-state index contributed by atoms with van der Waals surface area (Å²) in [6.45, 7) is 0.608. The predicted octanol–water partition coefficient (Wildman–Crippen LogP) is 4.24. The summed E-state index contributed by atoms with van der Waals surface area (Å²) >= 11 is 0. The largest absolute Gasteiger partial charge is 0.491 e. The van der Waals surface area contributed by atoms with Crippen molar-refractivity contribution >= 4 is 11.7 Å². The van der Waals surface area contributed by atoms with E-state index in [-0.39, 0.29) is 24.2 Å². The molecule has 0 amide bonds. The van der Waals surface area contributed by atoms with Crippen molar-refractivity contribution < 1.29 is 24.1 Å². The average molecular weight is 434 g/mol. The van der Waals surface area contributed by atoms with Crippen LogP contribution >= 0.6 is 0 Å². The van der Waals surface area contributed by atoms with E-state index in [2.05, 4.69) is 30.4 Å². The van der Waals surface area contributed by atoms with Crippen LogP contribution in [-0.4, -0.2) is 41.6 Å². The van der Waals surface area contributed by atoms with E-state index in [1.165, 1.54) is 6.42 Å². The lowest BCUT2D eigenvalue weighted by molar-refractivity contribution is -0.139. The van der Waals surface area contributed by atoms with Crippen LogP contribution in [0.25, 0.3) is 0 Å². The van der Waals surface area contributed by atoms with Crippen LogP contribution in [0.1, 0.15) is 24.8 Å². The van der Waals surface area contributed by atoms with Gasteiger partial charge in [-0.2, -0.15) is 0 Å². The van der Waals surface area contributed by atoms with Crippen LogP contribution in [0.3, 0.4) is 0 Å². The number of hydrogen-bond acceptors (Lipinski definition) is 5. The first-order chi connectivity index (χ1) is 15.6. The second-order valence-corrected chi connectivity index (χ2v) is 8.68. The Morgan fingerprint density at radius 2 is 2.03 bits per heavy atom. The van der Waals surface area contributed by atoms with E-state index < -0.39 is 5.97 Å². The third-order valence-electron chi connectivity index (χ3n) is 6.40. The van der Waals surface area contributed by atoms with Gasteiger partial charge in [0.05, 0.1) is 29.9 Å².